The number of amides is 1. The van der Waals surface area contributed by atoms with Crippen molar-refractivity contribution in [2.24, 2.45) is 4.99 Å². The van der Waals surface area contributed by atoms with Gasteiger partial charge in [0.15, 0.2) is 5.17 Å². The fourth-order valence-electron chi connectivity index (χ4n) is 3.45. The molecule has 0 saturated heterocycles. The Morgan fingerprint density at radius 1 is 1.11 bits per heavy atom. The highest BCUT2D eigenvalue weighted by Gasteiger charge is 2.33. The number of aliphatic imine (C=N–C) groups is 1. The van der Waals surface area contributed by atoms with Crippen LogP contribution in [0.3, 0.4) is 0 Å². The van der Waals surface area contributed by atoms with Crippen LogP contribution in [0.4, 0.5) is 5.69 Å². The molecule has 0 bridgehead atoms. The lowest BCUT2D eigenvalue weighted by Gasteiger charge is -2.18. The van der Waals surface area contributed by atoms with Crippen LogP contribution in [0.15, 0.2) is 63.6 Å². The largest absolute Gasteiger partial charge is 0.497 e. The van der Waals surface area contributed by atoms with Crippen LogP contribution in [0.1, 0.15) is 63.4 Å². The number of anilines is 1. The maximum Gasteiger partial charge on any atom is 0.283 e. The van der Waals surface area contributed by atoms with Gasteiger partial charge in [-0.15, -0.1) is 10.2 Å². The van der Waals surface area contributed by atoms with Crippen molar-refractivity contribution in [3.8, 4) is 5.75 Å². The Hall–Kier alpha value is -3.39. The number of carbonyl (C=O) groups excluding carboxylic acids is 1. The molecule has 0 aliphatic carbocycles. The second-order valence-electron chi connectivity index (χ2n) is 9.63. The van der Waals surface area contributed by atoms with Crippen molar-refractivity contribution < 1.29 is 13.9 Å². The van der Waals surface area contributed by atoms with E-state index in [1.807, 2.05) is 63.2 Å². The molecular weight excluding hydrogens is 460 g/mol. The average molecular weight is 491 g/mol. The summed E-state index contributed by atoms with van der Waals surface area (Å²) in [5.41, 5.74) is 2.99. The van der Waals surface area contributed by atoms with Crippen molar-refractivity contribution in [2.75, 3.05) is 12.0 Å². The monoisotopic (exact) mass is 490 g/mol. The first kappa shape index (κ1) is 24.7. The van der Waals surface area contributed by atoms with Gasteiger partial charge in [0.05, 0.1) is 18.6 Å². The van der Waals surface area contributed by atoms with Gasteiger partial charge in [-0.25, -0.2) is 4.99 Å². The molecule has 1 aromatic heterocycles. The van der Waals surface area contributed by atoms with Crippen molar-refractivity contribution in [2.45, 2.75) is 51.7 Å². The number of thioether (sulfide) groups is 1. The van der Waals surface area contributed by atoms with E-state index in [1.165, 1.54) is 17.3 Å². The number of rotatable bonds is 6. The highest BCUT2D eigenvalue weighted by molar-refractivity contribution is 8.13. The Morgan fingerprint density at radius 3 is 2.49 bits per heavy atom. The lowest BCUT2D eigenvalue weighted by molar-refractivity contribution is -0.113. The summed E-state index contributed by atoms with van der Waals surface area (Å²) in [6.07, 6.45) is 1.82. The van der Waals surface area contributed by atoms with Crippen molar-refractivity contribution >= 4 is 34.6 Å². The minimum Gasteiger partial charge on any atom is -0.497 e. The van der Waals surface area contributed by atoms with Crippen LogP contribution in [0.2, 0.25) is 0 Å². The zero-order valence-electron chi connectivity index (χ0n) is 20.9. The Morgan fingerprint density at radius 2 is 1.86 bits per heavy atom. The van der Waals surface area contributed by atoms with Crippen LogP contribution >= 0.6 is 11.8 Å². The molecule has 0 atom stereocenters. The summed E-state index contributed by atoms with van der Waals surface area (Å²) in [7, 11) is 1.60. The van der Waals surface area contributed by atoms with Crippen molar-refractivity contribution in [1.29, 1.82) is 0 Å². The van der Waals surface area contributed by atoms with Crippen LogP contribution in [0, 0.1) is 0 Å². The molecule has 0 unspecified atom stereocenters. The van der Waals surface area contributed by atoms with Crippen LogP contribution in [-0.4, -0.2) is 28.4 Å². The minimum absolute atomic E-state index is 0.199. The van der Waals surface area contributed by atoms with E-state index >= 15 is 0 Å². The minimum atomic E-state index is -0.232. The molecule has 0 saturated carbocycles. The van der Waals surface area contributed by atoms with Gasteiger partial charge in [-0.05, 0) is 35.3 Å². The number of benzene rings is 2. The van der Waals surface area contributed by atoms with Gasteiger partial charge in [0.1, 0.15) is 11.4 Å². The average Bonchev–Trinajstić information content (AvgIpc) is 3.43. The lowest BCUT2D eigenvalue weighted by atomic mass is 9.97. The highest BCUT2D eigenvalue weighted by Crippen LogP contribution is 2.33. The van der Waals surface area contributed by atoms with Gasteiger partial charge in [-0.3, -0.25) is 9.69 Å². The number of carbonyl (C=O) groups is 1. The van der Waals surface area contributed by atoms with Gasteiger partial charge in [-0.2, -0.15) is 0 Å². The fraction of sp³-hybridized carbons (Fsp3) is 0.333. The molecule has 35 heavy (non-hydrogen) atoms. The summed E-state index contributed by atoms with van der Waals surface area (Å²) in [4.78, 5) is 19.8. The maximum absolute atomic E-state index is 13.5. The van der Waals surface area contributed by atoms with E-state index in [0.717, 1.165) is 5.56 Å². The van der Waals surface area contributed by atoms with Crippen LogP contribution < -0.4 is 9.64 Å². The molecule has 0 radical (unpaired) electrons. The Bertz CT molecular complexity index is 1270. The zero-order valence-corrected chi connectivity index (χ0v) is 21.7. The van der Waals surface area contributed by atoms with Crippen molar-refractivity contribution in [3.05, 3.63) is 77.1 Å². The molecule has 0 fully saturated rings. The third kappa shape index (κ3) is 5.65. The molecule has 1 aliphatic heterocycles. The number of methoxy groups -OCH3 is 1. The first-order valence-electron chi connectivity index (χ1n) is 11.5. The number of nitrogens with zero attached hydrogens (tertiary/aromatic N) is 4. The molecule has 0 N–H and O–H groups in total. The zero-order chi connectivity index (χ0) is 25.2. The van der Waals surface area contributed by atoms with E-state index < -0.39 is 0 Å². The molecule has 2 aromatic carbocycles. The van der Waals surface area contributed by atoms with Gasteiger partial charge in [0.2, 0.25) is 11.8 Å². The number of hydrogen-bond donors (Lipinski definition) is 0. The van der Waals surface area contributed by atoms with Gasteiger partial charge >= 0.3 is 0 Å². The van der Waals surface area contributed by atoms with Gasteiger partial charge in [-0.1, -0.05) is 76.7 Å². The van der Waals surface area contributed by atoms with Crippen LogP contribution in [-0.2, 0) is 16.0 Å². The third-order valence-electron chi connectivity index (χ3n) is 5.48. The van der Waals surface area contributed by atoms with Gasteiger partial charge in [0, 0.05) is 11.5 Å². The highest BCUT2D eigenvalue weighted by atomic mass is 32.2. The SMILES string of the molecule is COc1cccc(N2C(=O)/C(=C\c3ccc(C(C)C)cc3)N=C2SCc2nnc(C(C)(C)C)o2)c1. The molecule has 2 heterocycles. The van der Waals surface area contributed by atoms with E-state index in [2.05, 4.69) is 36.2 Å². The molecule has 1 aliphatic rings. The number of aromatic nitrogens is 2. The Kier molecular flexibility index (Phi) is 7.12. The first-order chi connectivity index (χ1) is 16.7. The molecule has 4 rings (SSSR count). The number of hydrogen-bond acceptors (Lipinski definition) is 7. The topological polar surface area (TPSA) is 80.8 Å². The predicted octanol–water partition coefficient (Wildman–Crippen LogP) is 6.18. The van der Waals surface area contributed by atoms with E-state index in [4.69, 9.17) is 14.1 Å². The predicted molar refractivity (Wildman–Crippen MR) is 141 cm³/mol. The summed E-state index contributed by atoms with van der Waals surface area (Å²) >= 11 is 1.38. The molecule has 8 heteroatoms. The molecular formula is C27H30N4O3S. The third-order valence-corrected chi connectivity index (χ3v) is 6.40. The van der Waals surface area contributed by atoms with E-state index in [0.29, 0.717) is 45.8 Å². The quantitative estimate of drug-likeness (QED) is 0.384. The molecule has 7 nitrogen and oxygen atoms in total. The second-order valence-corrected chi connectivity index (χ2v) is 10.6. The van der Waals surface area contributed by atoms with Crippen molar-refractivity contribution in [1.82, 2.24) is 10.2 Å². The summed E-state index contributed by atoms with van der Waals surface area (Å²) in [5, 5.41) is 8.87. The van der Waals surface area contributed by atoms with Gasteiger partial charge in [0.25, 0.3) is 5.91 Å². The van der Waals surface area contributed by atoms with E-state index in [1.54, 1.807) is 12.0 Å². The standard InChI is InChI=1S/C27H30N4O3S/c1-17(2)19-12-10-18(11-13-19)14-22-24(32)31(20-8-7-9-21(15-20)33-6)26(28-22)35-16-23-29-30-25(34-23)27(3,4)5/h7-15,17H,16H2,1-6H3/b22-14+. The van der Waals surface area contributed by atoms with E-state index in [-0.39, 0.29) is 11.3 Å². The number of amidine groups is 1. The Balaban J connectivity index is 1.64. The van der Waals surface area contributed by atoms with Gasteiger partial charge < -0.3 is 9.15 Å². The lowest BCUT2D eigenvalue weighted by Crippen LogP contribution is -2.30. The summed E-state index contributed by atoms with van der Waals surface area (Å²) < 4.78 is 11.2. The van der Waals surface area contributed by atoms with Crippen LogP contribution in [0.25, 0.3) is 6.08 Å². The summed E-state index contributed by atoms with van der Waals surface area (Å²) in [6.45, 7) is 10.4. The molecule has 0 spiro atoms. The molecule has 1 amide bonds. The summed E-state index contributed by atoms with van der Waals surface area (Å²) in [6, 6.07) is 15.6. The normalized spacial score (nSPS) is 15.3. The number of ether oxygens (including phenoxy) is 1. The second kappa shape index (κ2) is 10.1. The molecule has 3 aromatic rings. The summed E-state index contributed by atoms with van der Waals surface area (Å²) in [5.74, 6) is 2.36. The fourth-order valence-corrected chi connectivity index (χ4v) is 4.30. The Labute approximate surface area is 210 Å². The molecule has 182 valence electrons. The van der Waals surface area contributed by atoms with Crippen molar-refractivity contribution in [3.63, 3.8) is 0 Å². The smallest absolute Gasteiger partial charge is 0.283 e. The van der Waals surface area contributed by atoms with E-state index in [9.17, 15) is 4.79 Å². The maximum atomic E-state index is 13.5. The first-order valence-corrected chi connectivity index (χ1v) is 12.5. The van der Waals surface area contributed by atoms with Crippen LogP contribution in [0.5, 0.6) is 5.75 Å².